The van der Waals surface area contributed by atoms with Crippen LogP contribution in [-0.2, 0) is 11.2 Å². The van der Waals surface area contributed by atoms with Crippen molar-refractivity contribution in [1.82, 2.24) is 9.80 Å². The first-order valence-electron chi connectivity index (χ1n) is 13.9. The lowest BCUT2D eigenvalue weighted by Crippen LogP contribution is -2.25. The molecule has 1 amide bonds. The summed E-state index contributed by atoms with van der Waals surface area (Å²) >= 11 is 0. The molecule has 6 nitrogen and oxygen atoms in total. The zero-order valence-corrected chi connectivity index (χ0v) is 23.2. The zero-order chi connectivity index (χ0) is 28.1. The van der Waals surface area contributed by atoms with Crippen LogP contribution >= 0.6 is 0 Å². The number of carboxylic acid groups (broad SMARTS) is 1. The summed E-state index contributed by atoms with van der Waals surface area (Å²) in [5, 5.41) is 9.57. The summed E-state index contributed by atoms with van der Waals surface area (Å²) in [4.78, 5) is 27.3. The Morgan fingerprint density at radius 3 is 2.50 bits per heavy atom. The highest BCUT2D eigenvalue weighted by Gasteiger charge is 2.24. The van der Waals surface area contributed by atoms with Crippen LogP contribution in [-0.4, -0.2) is 66.6 Å². The number of likely N-dealkylation sites (tertiary alicyclic amines) is 1. The number of benzene rings is 3. The first kappa shape index (κ1) is 27.4. The monoisotopic (exact) mass is 536 g/mol. The van der Waals surface area contributed by atoms with E-state index in [0.717, 1.165) is 73.3 Å². The molecule has 40 heavy (non-hydrogen) atoms. The highest BCUT2D eigenvalue weighted by molar-refractivity contribution is 6.00. The number of nitrogens with zero attached hydrogens (tertiary/aromatic N) is 2. The minimum absolute atomic E-state index is 0.00348. The van der Waals surface area contributed by atoms with Gasteiger partial charge in [0.1, 0.15) is 11.9 Å². The van der Waals surface area contributed by atoms with Gasteiger partial charge >= 0.3 is 5.97 Å². The average molecular weight is 537 g/mol. The van der Waals surface area contributed by atoms with Gasteiger partial charge in [0.2, 0.25) is 5.91 Å². The molecule has 0 saturated carbocycles. The van der Waals surface area contributed by atoms with E-state index in [4.69, 9.17) is 4.74 Å². The van der Waals surface area contributed by atoms with Crippen LogP contribution in [0.4, 0.5) is 0 Å². The van der Waals surface area contributed by atoms with Crippen LogP contribution in [0.2, 0.25) is 0 Å². The van der Waals surface area contributed by atoms with Crippen molar-refractivity contribution in [3.63, 3.8) is 0 Å². The summed E-state index contributed by atoms with van der Waals surface area (Å²) in [5.74, 6) is -0.0620. The Labute approximate surface area is 236 Å². The topological polar surface area (TPSA) is 70.1 Å². The summed E-state index contributed by atoms with van der Waals surface area (Å²) in [6.45, 7) is 2.49. The smallest absolute Gasteiger partial charge is 0.335 e. The van der Waals surface area contributed by atoms with Crippen molar-refractivity contribution < 1.29 is 19.4 Å². The number of aryl methyl sites for hydroxylation is 1. The highest BCUT2D eigenvalue weighted by atomic mass is 16.5. The fraction of sp³-hybridized carbons (Fsp3) is 0.294. The Bertz CT molecular complexity index is 1420. The Kier molecular flexibility index (Phi) is 8.46. The van der Waals surface area contributed by atoms with Crippen molar-refractivity contribution in [3.05, 3.63) is 113 Å². The minimum atomic E-state index is -0.897. The molecule has 1 N–H and O–H groups in total. The molecular formula is C34H36N2O4. The Balaban J connectivity index is 1.37. The number of ether oxygens (including phenoxy) is 1. The summed E-state index contributed by atoms with van der Waals surface area (Å²) < 4.78 is 6.34. The first-order valence-corrected chi connectivity index (χ1v) is 13.9. The number of hydrogen-bond donors (Lipinski definition) is 1. The van der Waals surface area contributed by atoms with Crippen LogP contribution in [0.3, 0.4) is 0 Å². The van der Waals surface area contributed by atoms with Crippen LogP contribution < -0.4 is 4.74 Å². The maximum absolute atomic E-state index is 11.8. The molecule has 1 saturated heterocycles. The van der Waals surface area contributed by atoms with E-state index in [9.17, 15) is 14.7 Å². The van der Waals surface area contributed by atoms with Gasteiger partial charge in [-0.25, -0.2) is 4.79 Å². The van der Waals surface area contributed by atoms with Crippen LogP contribution in [0.5, 0.6) is 5.75 Å². The summed E-state index contributed by atoms with van der Waals surface area (Å²) in [5.41, 5.74) is 7.24. The van der Waals surface area contributed by atoms with Gasteiger partial charge in [-0.3, -0.25) is 9.69 Å². The van der Waals surface area contributed by atoms with Gasteiger partial charge in [-0.2, -0.15) is 0 Å². The van der Waals surface area contributed by atoms with Crippen molar-refractivity contribution in [2.45, 2.75) is 31.8 Å². The lowest BCUT2D eigenvalue weighted by Gasteiger charge is -2.18. The number of amides is 1. The Morgan fingerprint density at radius 1 is 1.00 bits per heavy atom. The molecular weight excluding hydrogens is 500 g/mol. The molecule has 2 aliphatic rings. The largest absolute Gasteiger partial charge is 0.489 e. The second kappa shape index (κ2) is 12.3. The second-order valence-electron chi connectivity index (χ2n) is 10.7. The van der Waals surface area contributed by atoms with Gasteiger partial charge in [-0.05, 0) is 83.3 Å². The minimum Gasteiger partial charge on any atom is -0.489 e. The number of carboxylic acids is 1. The van der Waals surface area contributed by atoms with E-state index in [1.807, 2.05) is 36.4 Å². The number of rotatable bonds is 8. The van der Waals surface area contributed by atoms with Gasteiger partial charge in [0.25, 0.3) is 0 Å². The van der Waals surface area contributed by atoms with E-state index in [1.165, 1.54) is 11.1 Å². The highest BCUT2D eigenvalue weighted by Crippen LogP contribution is 2.40. The lowest BCUT2D eigenvalue weighted by atomic mass is 9.87. The third-order valence-electron chi connectivity index (χ3n) is 7.66. The van der Waals surface area contributed by atoms with Gasteiger partial charge in [0.05, 0.1) is 5.56 Å². The van der Waals surface area contributed by atoms with E-state index < -0.39 is 5.97 Å². The quantitative estimate of drug-likeness (QED) is 0.370. The number of fused-ring (bicyclic) bond motifs is 1. The van der Waals surface area contributed by atoms with Crippen LogP contribution in [0.25, 0.3) is 11.1 Å². The predicted molar refractivity (Wildman–Crippen MR) is 158 cm³/mol. The molecule has 5 rings (SSSR count). The maximum atomic E-state index is 11.8. The molecule has 0 bridgehead atoms. The standard InChI is InChI=1S/C34H36N2O4/c1-35(2)32(37)12-7-20-36-21-19-29(23-36)40-28-16-13-25(14-17-28)33-30(24-8-4-3-5-9-24)11-6-10-26-22-27(34(38)39)15-18-31(26)33/h3-5,7-9,12-18,22,29H,6,10-11,19-21,23H2,1-2H3,(H,38,39)/t29-/m0/s1. The predicted octanol–water partition coefficient (Wildman–Crippen LogP) is 5.78. The number of aromatic carboxylic acids is 1. The second-order valence-corrected chi connectivity index (χ2v) is 10.7. The van der Waals surface area contributed by atoms with Crippen LogP contribution in [0, 0.1) is 0 Å². The Hall–Kier alpha value is -4.16. The first-order chi connectivity index (χ1) is 19.4. The van der Waals surface area contributed by atoms with E-state index in [2.05, 4.69) is 41.3 Å². The molecule has 1 fully saturated rings. The van der Waals surface area contributed by atoms with Crippen molar-refractivity contribution >= 4 is 23.0 Å². The average Bonchev–Trinajstić information content (AvgIpc) is 3.31. The van der Waals surface area contributed by atoms with Gasteiger partial charge in [-0.1, -0.05) is 54.6 Å². The maximum Gasteiger partial charge on any atom is 0.335 e. The molecule has 0 spiro atoms. The number of allylic oxidation sites excluding steroid dienone is 1. The molecule has 1 aliphatic heterocycles. The van der Waals surface area contributed by atoms with Gasteiger partial charge in [0, 0.05) is 39.8 Å². The summed E-state index contributed by atoms with van der Waals surface area (Å²) in [6, 6.07) is 24.3. The number of carbonyl (C=O) groups excluding carboxylic acids is 1. The van der Waals surface area contributed by atoms with Gasteiger partial charge in [-0.15, -0.1) is 0 Å². The molecule has 1 heterocycles. The van der Waals surface area contributed by atoms with Crippen molar-refractivity contribution in [1.29, 1.82) is 0 Å². The molecule has 6 heteroatoms. The van der Waals surface area contributed by atoms with E-state index in [0.29, 0.717) is 5.56 Å². The van der Waals surface area contributed by atoms with Gasteiger partial charge < -0.3 is 14.7 Å². The van der Waals surface area contributed by atoms with Crippen LogP contribution in [0.1, 0.15) is 51.9 Å². The normalized spacial score (nSPS) is 17.5. The molecule has 1 aliphatic carbocycles. The molecule has 0 unspecified atom stereocenters. The van der Waals surface area contributed by atoms with Crippen molar-refractivity contribution in [2.75, 3.05) is 33.7 Å². The van der Waals surface area contributed by atoms with E-state index in [-0.39, 0.29) is 12.0 Å². The van der Waals surface area contributed by atoms with E-state index in [1.54, 1.807) is 31.1 Å². The number of likely N-dealkylation sites (N-methyl/N-ethyl adjacent to an activating group) is 1. The SMILES string of the molecule is CN(C)C(=O)C=CCN1CC[C@H](Oc2ccc(C3=C(c4ccccc4)CCCc4cc(C(=O)O)ccc43)cc2)C1. The van der Waals surface area contributed by atoms with Crippen LogP contribution in [0.15, 0.2) is 84.9 Å². The molecule has 3 aromatic carbocycles. The third-order valence-corrected chi connectivity index (χ3v) is 7.66. The number of hydrogen-bond acceptors (Lipinski definition) is 4. The Morgan fingerprint density at radius 2 is 1.77 bits per heavy atom. The molecule has 0 radical (unpaired) electrons. The fourth-order valence-corrected chi connectivity index (χ4v) is 5.58. The van der Waals surface area contributed by atoms with Crippen molar-refractivity contribution in [2.24, 2.45) is 0 Å². The van der Waals surface area contributed by atoms with E-state index >= 15 is 0 Å². The summed E-state index contributed by atoms with van der Waals surface area (Å²) in [6.07, 6.45) is 7.31. The zero-order valence-electron chi connectivity index (χ0n) is 23.2. The van der Waals surface area contributed by atoms with Gasteiger partial charge in [0.15, 0.2) is 0 Å². The molecule has 206 valence electrons. The molecule has 1 atom stereocenters. The lowest BCUT2D eigenvalue weighted by molar-refractivity contribution is -0.123. The fourth-order valence-electron chi connectivity index (χ4n) is 5.58. The van der Waals surface area contributed by atoms with Crippen molar-refractivity contribution in [3.8, 4) is 5.75 Å². The molecule has 3 aromatic rings. The number of carbonyl (C=O) groups is 2. The molecule has 0 aromatic heterocycles. The third kappa shape index (κ3) is 6.35. The summed E-state index contributed by atoms with van der Waals surface area (Å²) in [7, 11) is 3.50.